The molecule has 198 valence electrons. The maximum absolute atomic E-state index is 14.6. The van der Waals surface area contributed by atoms with E-state index in [0.717, 1.165) is 12.3 Å². The second-order valence-electron chi connectivity index (χ2n) is 9.79. The normalized spacial score (nSPS) is 22.9. The third kappa shape index (κ3) is 3.75. The summed E-state index contributed by atoms with van der Waals surface area (Å²) in [4.78, 5) is 34.2. The van der Waals surface area contributed by atoms with Crippen LogP contribution in [0, 0.1) is 11.2 Å². The van der Waals surface area contributed by atoms with E-state index in [-0.39, 0.29) is 35.5 Å². The number of alkyl halides is 3. The molecule has 7 rings (SSSR count). The van der Waals surface area contributed by atoms with E-state index in [9.17, 15) is 27.2 Å². The van der Waals surface area contributed by atoms with E-state index < -0.39 is 28.8 Å². The predicted octanol–water partition coefficient (Wildman–Crippen LogP) is 3.69. The van der Waals surface area contributed by atoms with Gasteiger partial charge in [-0.15, -0.1) is 0 Å². The molecule has 0 unspecified atom stereocenters. The Kier molecular flexibility index (Phi) is 5.20. The van der Waals surface area contributed by atoms with Crippen LogP contribution in [-0.4, -0.2) is 39.7 Å². The zero-order valence-corrected chi connectivity index (χ0v) is 19.9. The van der Waals surface area contributed by atoms with Gasteiger partial charge in [0.05, 0.1) is 24.6 Å². The Morgan fingerprint density at radius 2 is 1.92 bits per heavy atom. The van der Waals surface area contributed by atoms with Gasteiger partial charge in [0.25, 0.3) is 0 Å². The van der Waals surface area contributed by atoms with Crippen molar-refractivity contribution >= 4 is 11.8 Å². The van der Waals surface area contributed by atoms with Gasteiger partial charge in [0.2, 0.25) is 5.88 Å². The maximum Gasteiger partial charge on any atom is 0.433 e. The Labute approximate surface area is 212 Å². The summed E-state index contributed by atoms with van der Waals surface area (Å²) in [5.41, 5.74) is -2.13. The highest BCUT2D eigenvalue weighted by atomic mass is 19.4. The van der Waals surface area contributed by atoms with Gasteiger partial charge in [-0.1, -0.05) is 6.07 Å². The Morgan fingerprint density at radius 1 is 1.13 bits per heavy atom. The van der Waals surface area contributed by atoms with Crippen LogP contribution in [0.15, 0.2) is 47.4 Å². The molecule has 2 aromatic heterocycles. The van der Waals surface area contributed by atoms with Gasteiger partial charge in [-0.2, -0.15) is 18.2 Å². The van der Waals surface area contributed by atoms with Crippen molar-refractivity contribution < 1.29 is 36.6 Å². The fourth-order valence-electron chi connectivity index (χ4n) is 5.77. The summed E-state index contributed by atoms with van der Waals surface area (Å²) < 4.78 is 70.7. The van der Waals surface area contributed by atoms with Crippen LogP contribution in [0.3, 0.4) is 0 Å². The van der Waals surface area contributed by atoms with E-state index >= 15 is 0 Å². The first-order valence-electron chi connectivity index (χ1n) is 11.6. The molecule has 0 N–H and O–H groups in total. The van der Waals surface area contributed by atoms with E-state index in [4.69, 9.17) is 14.2 Å². The lowest BCUT2D eigenvalue weighted by atomic mass is 9.62. The number of nitrogens with zero attached hydrogens (tertiary/aromatic N) is 4. The largest absolute Gasteiger partial charge is 0.473 e. The van der Waals surface area contributed by atoms with Crippen molar-refractivity contribution in [3.05, 3.63) is 70.2 Å². The number of hydrogen-bond donors (Lipinski definition) is 0. The van der Waals surface area contributed by atoms with Crippen LogP contribution in [0.4, 0.5) is 23.4 Å². The van der Waals surface area contributed by atoms with E-state index in [0.29, 0.717) is 43.4 Å². The molecule has 0 radical (unpaired) electrons. The number of carbonyl (C=O) groups excluding carboxylic acids is 1. The first kappa shape index (κ1) is 24.2. The van der Waals surface area contributed by atoms with Crippen LogP contribution in [0.5, 0.6) is 17.4 Å². The van der Waals surface area contributed by atoms with Crippen molar-refractivity contribution in [2.45, 2.75) is 37.7 Å². The first-order valence-corrected chi connectivity index (χ1v) is 11.6. The number of pyridine rings is 1. The van der Waals surface area contributed by atoms with E-state index in [1.54, 1.807) is 10.6 Å². The van der Waals surface area contributed by atoms with Crippen LogP contribution in [0.1, 0.15) is 24.1 Å². The van der Waals surface area contributed by atoms with Crippen molar-refractivity contribution in [1.29, 1.82) is 0 Å². The van der Waals surface area contributed by atoms with Gasteiger partial charge in [-0.05, 0) is 36.6 Å². The summed E-state index contributed by atoms with van der Waals surface area (Å²) in [7, 11) is 1.37. The molecule has 1 spiro atoms. The van der Waals surface area contributed by atoms with E-state index in [1.165, 1.54) is 25.3 Å². The Bertz CT molecular complexity index is 1520. The average Bonchev–Trinajstić information content (AvgIpc) is 3.47. The number of rotatable bonds is 6. The smallest absolute Gasteiger partial charge is 0.433 e. The number of aromatic nitrogens is 3. The number of fused-ring (bicyclic) bond motifs is 1. The van der Waals surface area contributed by atoms with E-state index in [2.05, 4.69) is 9.97 Å². The van der Waals surface area contributed by atoms with Gasteiger partial charge >= 0.3 is 17.8 Å². The number of carbonyl (C=O) groups is 1. The molecule has 1 aliphatic carbocycles. The molecule has 13 heteroatoms. The van der Waals surface area contributed by atoms with Crippen LogP contribution >= 0.6 is 0 Å². The topological polar surface area (TPSA) is 95.8 Å². The third-order valence-electron chi connectivity index (χ3n) is 7.31. The minimum absolute atomic E-state index is 0.0479. The molecule has 2 saturated heterocycles. The molecular formula is C25H20F4N4O5. The highest BCUT2D eigenvalue weighted by Crippen LogP contribution is 2.63. The third-order valence-corrected chi connectivity index (χ3v) is 7.31. The predicted molar refractivity (Wildman–Crippen MR) is 122 cm³/mol. The Balaban J connectivity index is 1.15. The quantitative estimate of drug-likeness (QED) is 0.351. The molecule has 2 bridgehead atoms. The van der Waals surface area contributed by atoms with Crippen molar-refractivity contribution in [2.75, 3.05) is 18.6 Å². The summed E-state index contributed by atoms with van der Waals surface area (Å²) in [5, 5.41) is 0. The first-order chi connectivity index (χ1) is 18.0. The molecule has 0 atom stereocenters. The molecule has 5 heterocycles. The van der Waals surface area contributed by atoms with Crippen molar-refractivity contribution in [2.24, 2.45) is 5.41 Å². The molecule has 1 saturated carbocycles. The molecule has 3 fully saturated rings. The van der Waals surface area contributed by atoms with Gasteiger partial charge < -0.3 is 19.1 Å². The molecule has 3 aliphatic heterocycles. The van der Waals surface area contributed by atoms with Crippen molar-refractivity contribution in [3.8, 4) is 17.4 Å². The summed E-state index contributed by atoms with van der Waals surface area (Å²) in [5.74, 6) is -0.911. The van der Waals surface area contributed by atoms with Crippen LogP contribution in [0.2, 0.25) is 0 Å². The molecule has 4 aliphatic rings. The SMILES string of the molecule is COC(=O)C12CN3c4cc(OCc5ccc(Oc6ccnc(C(F)(F)F)c6)c(F)c5)nc(=O)n4CC3(C1)C2. The summed E-state index contributed by atoms with van der Waals surface area (Å²) in [6.45, 7) is 0.747. The lowest BCUT2D eigenvalue weighted by Gasteiger charge is -2.43. The summed E-state index contributed by atoms with van der Waals surface area (Å²) in [6.07, 6.45) is -2.53. The number of ether oxygens (including phenoxy) is 3. The molecular weight excluding hydrogens is 512 g/mol. The van der Waals surface area contributed by atoms with Crippen molar-refractivity contribution in [1.82, 2.24) is 14.5 Å². The lowest BCUT2D eigenvalue weighted by molar-refractivity contribution is -0.157. The molecule has 1 aromatic carbocycles. The van der Waals surface area contributed by atoms with Gasteiger partial charge in [-0.3, -0.25) is 14.3 Å². The summed E-state index contributed by atoms with van der Waals surface area (Å²) >= 11 is 0. The highest BCUT2D eigenvalue weighted by Gasteiger charge is 2.71. The second kappa shape index (κ2) is 8.17. The Morgan fingerprint density at radius 3 is 2.63 bits per heavy atom. The zero-order chi connectivity index (χ0) is 26.9. The second-order valence-corrected chi connectivity index (χ2v) is 9.79. The minimum atomic E-state index is -4.66. The fraction of sp³-hybridized carbons (Fsp3) is 0.360. The number of halogens is 4. The van der Waals surface area contributed by atoms with E-state index in [1.807, 2.05) is 4.90 Å². The van der Waals surface area contributed by atoms with Crippen molar-refractivity contribution in [3.63, 3.8) is 0 Å². The highest BCUT2D eigenvalue weighted by molar-refractivity contribution is 5.83. The number of benzene rings is 1. The maximum atomic E-state index is 14.6. The standard InChI is InChI=1S/C25H20F4N4O5/c1-36-21(34)23-10-24(11-23)13-32-20(33(24)12-23)8-19(31-22(32)35)37-9-14-2-3-17(16(26)6-14)38-15-4-5-30-18(7-15)25(27,28)29/h2-8H,9-13H2,1H3. The monoisotopic (exact) mass is 532 g/mol. The van der Waals surface area contributed by atoms with Gasteiger partial charge in [0.1, 0.15) is 23.9 Å². The van der Waals surface area contributed by atoms with Crippen LogP contribution in [0.25, 0.3) is 0 Å². The van der Waals surface area contributed by atoms with Gasteiger partial charge in [0.15, 0.2) is 11.6 Å². The number of hydrogen-bond acceptors (Lipinski definition) is 8. The number of anilines is 1. The fourth-order valence-corrected chi connectivity index (χ4v) is 5.77. The Hall–Kier alpha value is -4.16. The molecule has 3 aromatic rings. The molecule has 38 heavy (non-hydrogen) atoms. The number of esters is 1. The number of methoxy groups -OCH3 is 1. The molecule has 0 amide bonds. The molecule has 9 nitrogen and oxygen atoms in total. The summed E-state index contributed by atoms with van der Waals surface area (Å²) in [6, 6.07) is 7.35. The van der Waals surface area contributed by atoms with Crippen LogP contribution in [-0.2, 0) is 28.9 Å². The minimum Gasteiger partial charge on any atom is -0.473 e. The van der Waals surface area contributed by atoms with Gasteiger partial charge in [-0.25, -0.2) is 9.18 Å². The average molecular weight is 532 g/mol. The van der Waals surface area contributed by atoms with Gasteiger partial charge in [0, 0.05) is 24.9 Å². The zero-order valence-electron chi connectivity index (χ0n) is 19.9. The van der Waals surface area contributed by atoms with Crippen LogP contribution < -0.4 is 20.1 Å². The lowest BCUT2D eigenvalue weighted by Crippen LogP contribution is -2.52.